The Labute approximate surface area is 192 Å². The third-order valence-corrected chi connectivity index (χ3v) is 5.91. The van der Waals surface area contributed by atoms with Gasteiger partial charge in [0, 0.05) is 48.1 Å². The van der Waals surface area contributed by atoms with Crippen LogP contribution in [0.3, 0.4) is 0 Å². The minimum absolute atomic E-state index is 0.0386. The van der Waals surface area contributed by atoms with Crippen LogP contribution in [0.5, 0.6) is 0 Å². The van der Waals surface area contributed by atoms with Crippen molar-refractivity contribution in [1.82, 2.24) is 25.0 Å². The van der Waals surface area contributed by atoms with E-state index >= 15 is 0 Å². The van der Waals surface area contributed by atoms with Gasteiger partial charge in [-0.3, -0.25) is 9.78 Å². The van der Waals surface area contributed by atoms with Crippen molar-refractivity contribution in [1.29, 1.82) is 0 Å². The Bertz CT molecular complexity index is 1330. The zero-order valence-electron chi connectivity index (χ0n) is 19.1. The molecule has 0 amide bonds. The highest BCUT2D eigenvalue weighted by Crippen LogP contribution is 2.28. The van der Waals surface area contributed by atoms with Gasteiger partial charge in [0.15, 0.2) is 5.76 Å². The van der Waals surface area contributed by atoms with E-state index in [2.05, 4.69) is 39.7 Å². The minimum atomic E-state index is -0.0386. The predicted molar refractivity (Wildman–Crippen MR) is 128 cm³/mol. The zero-order chi connectivity index (χ0) is 22.9. The molecule has 0 unspecified atom stereocenters. The molecular weight excluding hydrogens is 414 g/mol. The van der Waals surface area contributed by atoms with Gasteiger partial charge >= 0.3 is 0 Å². The van der Waals surface area contributed by atoms with Crippen LogP contribution in [0, 0.1) is 6.92 Å². The van der Waals surface area contributed by atoms with Crippen LogP contribution in [-0.2, 0) is 6.54 Å². The Morgan fingerprint density at radius 3 is 2.58 bits per heavy atom. The average molecular weight is 442 g/mol. The van der Waals surface area contributed by atoms with Crippen LogP contribution in [0.2, 0.25) is 0 Å². The van der Waals surface area contributed by atoms with Crippen molar-refractivity contribution >= 4 is 0 Å². The molecule has 0 bridgehead atoms. The maximum Gasteiger partial charge on any atom is 0.250 e. The molecule has 0 spiro atoms. The fourth-order valence-corrected chi connectivity index (χ4v) is 3.75. The summed E-state index contributed by atoms with van der Waals surface area (Å²) in [5.41, 5.74) is 5.86. The molecule has 0 atom stereocenters. The van der Waals surface area contributed by atoms with Crippen LogP contribution in [0.25, 0.3) is 34.0 Å². The SMILES string of the molecule is Cc1ncc(-c2ccc(=O)n(C(C)C)c2)nc1-c1cc(-c2ccc(CNC3CC3)cc2)no1. The fraction of sp³-hybridized carbons (Fsp3) is 0.308. The van der Waals surface area contributed by atoms with E-state index in [1.807, 2.05) is 33.0 Å². The van der Waals surface area contributed by atoms with E-state index in [1.54, 1.807) is 22.9 Å². The summed E-state index contributed by atoms with van der Waals surface area (Å²) >= 11 is 0. The monoisotopic (exact) mass is 441 g/mol. The number of pyridine rings is 1. The van der Waals surface area contributed by atoms with Crippen LogP contribution < -0.4 is 10.9 Å². The van der Waals surface area contributed by atoms with Gasteiger partial charge in [0.1, 0.15) is 11.4 Å². The molecule has 0 aliphatic heterocycles. The summed E-state index contributed by atoms with van der Waals surface area (Å²) in [5, 5.41) is 7.79. The van der Waals surface area contributed by atoms with E-state index in [4.69, 9.17) is 9.51 Å². The molecule has 3 aromatic heterocycles. The number of hydrogen-bond acceptors (Lipinski definition) is 6. The van der Waals surface area contributed by atoms with E-state index in [0.29, 0.717) is 23.2 Å². The summed E-state index contributed by atoms with van der Waals surface area (Å²) in [4.78, 5) is 21.4. The number of nitrogens with zero attached hydrogens (tertiary/aromatic N) is 4. The molecule has 0 radical (unpaired) electrons. The maximum absolute atomic E-state index is 12.1. The highest BCUT2D eigenvalue weighted by Gasteiger charge is 2.20. The lowest BCUT2D eigenvalue weighted by atomic mass is 10.1. The number of rotatable bonds is 7. The summed E-state index contributed by atoms with van der Waals surface area (Å²) in [6, 6.07) is 14.4. The van der Waals surface area contributed by atoms with Crippen LogP contribution >= 0.6 is 0 Å². The van der Waals surface area contributed by atoms with Crippen LogP contribution in [0.1, 0.15) is 44.0 Å². The van der Waals surface area contributed by atoms with Crippen LogP contribution in [-0.4, -0.2) is 25.7 Å². The second kappa shape index (κ2) is 8.75. The largest absolute Gasteiger partial charge is 0.354 e. The highest BCUT2D eigenvalue weighted by molar-refractivity contribution is 5.68. The van der Waals surface area contributed by atoms with Crippen LogP contribution in [0.4, 0.5) is 0 Å². The Kier molecular flexibility index (Phi) is 5.64. The van der Waals surface area contributed by atoms with Gasteiger partial charge in [0.25, 0.3) is 5.56 Å². The van der Waals surface area contributed by atoms with Gasteiger partial charge in [-0.2, -0.15) is 0 Å². The van der Waals surface area contributed by atoms with Crippen molar-refractivity contribution in [3.8, 4) is 34.0 Å². The number of benzene rings is 1. The number of aromatic nitrogens is 4. The maximum atomic E-state index is 12.1. The lowest BCUT2D eigenvalue weighted by Gasteiger charge is -2.11. The molecule has 1 fully saturated rings. The van der Waals surface area contributed by atoms with Gasteiger partial charge in [-0.05, 0) is 45.2 Å². The van der Waals surface area contributed by atoms with E-state index in [1.165, 1.54) is 18.4 Å². The summed E-state index contributed by atoms with van der Waals surface area (Å²) in [6.45, 7) is 6.74. The molecule has 0 saturated heterocycles. The van der Waals surface area contributed by atoms with E-state index in [9.17, 15) is 4.79 Å². The number of nitrogens with one attached hydrogen (secondary N) is 1. The molecule has 1 aromatic carbocycles. The lowest BCUT2D eigenvalue weighted by molar-refractivity contribution is 0.433. The van der Waals surface area contributed by atoms with Crippen LogP contribution in [0.15, 0.2) is 64.2 Å². The predicted octanol–water partition coefficient (Wildman–Crippen LogP) is 4.77. The third kappa shape index (κ3) is 4.64. The molecule has 33 heavy (non-hydrogen) atoms. The van der Waals surface area contributed by atoms with Crippen molar-refractivity contribution in [2.75, 3.05) is 0 Å². The van der Waals surface area contributed by atoms with Gasteiger partial charge in [-0.15, -0.1) is 0 Å². The van der Waals surface area contributed by atoms with Gasteiger partial charge in [-0.25, -0.2) is 4.98 Å². The summed E-state index contributed by atoms with van der Waals surface area (Å²) < 4.78 is 7.34. The second-order valence-electron chi connectivity index (χ2n) is 8.87. The Hall–Kier alpha value is -3.58. The normalized spacial score (nSPS) is 13.6. The second-order valence-corrected chi connectivity index (χ2v) is 8.87. The van der Waals surface area contributed by atoms with Crippen molar-refractivity contribution in [2.45, 2.75) is 52.2 Å². The minimum Gasteiger partial charge on any atom is -0.354 e. The van der Waals surface area contributed by atoms with Gasteiger partial charge in [-0.1, -0.05) is 29.4 Å². The quantitative estimate of drug-likeness (QED) is 0.445. The third-order valence-electron chi connectivity index (χ3n) is 5.91. The fourth-order valence-electron chi connectivity index (χ4n) is 3.75. The summed E-state index contributed by atoms with van der Waals surface area (Å²) in [6.07, 6.45) is 6.10. The van der Waals surface area contributed by atoms with E-state index < -0.39 is 0 Å². The highest BCUT2D eigenvalue weighted by atomic mass is 16.5. The first kappa shape index (κ1) is 21.3. The molecule has 1 saturated carbocycles. The Morgan fingerprint density at radius 2 is 1.85 bits per heavy atom. The van der Waals surface area contributed by atoms with Gasteiger partial charge < -0.3 is 14.4 Å². The smallest absolute Gasteiger partial charge is 0.250 e. The molecule has 1 aliphatic rings. The first-order valence-corrected chi connectivity index (χ1v) is 11.3. The lowest BCUT2D eigenvalue weighted by Crippen LogP contribution is -2.20. The molecule has 168 valence electrons. The molecular formula is C26H27N5O2. The Morgan fingerprint density at radius 1 is 1.09 bits per heavy atom. The van der Waals surface area contributed by atoms with Crippen molar-refractivity contribution in [3.63, 3.8) is 0 Å². The topological polar surface area (TPSA) is 85.8 Å². The molecule has 1 aliphatic carbocycles. The van der Waals surface area contributed by atoms with Gasteiger partial charge in [0.05, 0.1) is 17.6 Å². The average Bonchev–Trinajstić information content (AvgIpc) is 3.53. The first-order chi connectivity index (χ1) is 16.0. The molecule has 5 rings (SSSR count). The van der Waals surface area contributed by atoms with Gasteiger partial charge in [0.2, 0.25) is 0 Å². The molecule has 4 aromatic rings. The standard InChI is InChI=1S/C26H27N5O2/c1-16(2)31-15-20(8-11-25(31)32)23-14-27-17(3)26(29-23)24-12-22(30-33-24)19-6-4-18(5-7-19)13-28-21-9-10-21/h4-8,11-12,14-16,21,28H,9-10,13H2,1-3H3. The molecule has 3 heterocycles. The van der Waals surface area contributed by atoms with E-state index in [0.717, 1.165) is 29.1 Å². The summed E-state index contributed by atoms with van der Waals surface area (Å²) in [7, 11) is 0. The van der Waals surface area contributed by atoms with Crippen molar-refractivity contribution in [2.24, 2.45) is 0 Å². The zero-order valence-corrected chi connectivity index (χ0v) is 19.1. The first-order valence-electron chi connectivity index (χ1n) is 11.3. The van der Waals surface area contributed by atoms with E-state index in [-0.39, 0.29) is 11.6 Å². The van der Waals surface area contributed by atoms with Crippen molar-refractivity contribution in [3.05, 3.63) is 76.5 Å². The molecule has 7 heteroatoms. The molecule has 1 N–H and O–H groups in total. The number of hydrogen-bond donors (Lipinski definition) is 1. The molecule has 7 nitrogen and oxygen atoms in total. The number of aryl methyl sites for hydroxylation is 1. The summed E-state index contributed by atoms with van der Waals surface area (Å²) in [5.74, 6) is 0.563. The van der Waals surface area contributed by atoms with Crippen molar-refractivity contribution < 1.29 is 4.52 Å². The Balaban J connectivity index is 1.41.